The Hall–Kier alpha value is -1.42. The van der Waals surface area contributed by atoms with Gasteiger partial charge in [-0.15, -0.1) is 0 Å². The molecular weight excluding hydrogens is 274 g/mol. The summed E-state index contributed by atoms with van der Waals surface area (Å²) in [5.74, 6) is 0. The average Bonchev–Trinajstić information content (AvgIpc) is 2.59. The zero-order chi connectivity index (χ0) is 14.8. The molecule has 1 unspecified atom stereocenters. The summed E-state index contributed by atoms with van der Waals surface area (Å²) < 4.78 is 27.0. The molecule has 0 saturated carbocycles. The van der Waals surface area contributed by atoms with Gasteiger partial charge < -0.3 is 4.90 Å². The number of hydrogen-bond acceptors (Lipinski definition) is 4. The van der Waals surface area contributed by atoms with E-state index in [9.17, 15) is 8.42 Å². The van der Waals surface area contributed by atoms with E-state index in [-0.39, 0.29) is 10.9 Å². The fourth-order valence-electron chi connectivity index (χ4n) is 2.57. The molecule has 1 fully saturated rings. The number of sulfonamides is 1. The minimum absolute atomic E-state index is 0.0711. The molecule has 0 aromatic heterocycles. The number of nitriles is 1. The van der Waals surface area contributed by atoms with Crippen molar-refractivity contribution in [1.29, 1.82) is 5.26 Å². The van der Waals surface area contributed by atoms with Gasteiger partial charge >= 0.3 is 0 Å². The van der Waals surface area contributed by atoms with Crippen LogP contribution in [0.25, 0.3) is 0 Å². The van der Waals surface area contributed by atoms with E-state index in [1.54, 1.807) is 22.5 Å². The van der Waals surface area contributed by atoms with Crippen molar-refractivity contribution in [2.24, 2.45) is 0 Å². The normalized spacial score (nSPS) is 22.1. The molecule has 1 aliphatic rings. The molecule has 0 bridgehead atoms. The van der Waals surface area contributed by atoms with E-state index < -0.39 is 10.0 Å². The monoisotopic (exact) mass is 293 g/mol. The van der Waals surface area contributed by atoms with Crippen LogP contribution in [0, 0.1) is 11.3 Å². The number of rotatable bonds is 2. The Labute approximate surface area is 120 Å². The zero-order valence-electron chi connectivity index (χ0n) is 11.8. The van der Waals surface area contributed by atoms with E-state index in [2.05, 4.69) is 4.90 Å². The van der Waals surface area contributed by atoms with Crippen molar-refractivity contribution in [2.75, 3.05) is 26.7 Å². The highest BCUT2D eigenvalue weighted by molar-refractivity contribution is 7.89. The molecule has 1 aliphatic heterocycles. The Bertz CT molecular complexity index is 622. The van der Waals surface area contributed by atoms with Gasteiger partial charge in [0, 0.05) is 19.1 Å². The van der Waals surface area contributed by atoms with Gasteiger partial charge in [-0.2, -0.15) is 9.57 Å². The van der Waals surface area contributed by atoms with Crippen LogP contribution in [0.5, 0.6) is 0 Å². The zero-order valence-corrected chi connectivity index (χ0v) is 12.6. The smallest absolute Gasteiger partial charge is 0.243 e. The van der Waals surface area contributed by atoms with Gasteiger partial charge in [-0.25, -0.2) is 8.42 Å². The van der Waals surface area contributed by atoms with Crippen LogP contribution in [-0.4, -0.2) is 50.3 Å². The van der Waals surface area contributed by atoms with Crippen LogP contribution in [0.1, 0.15) is 18.9 Å². The van der Waals surface area contributed by atoms with Gasteiger partial charge in [0.25, 0.3) is 0 Å². The van der Waals surface area contributed by atoms with Crippen LogP contribution in [0.3, 0.4) is 0 Å². The highest BCUT2D eigenvalue weighted by Crippen LogP contribution is 2.21. The maximum Gasteiger partial charge on any atom is 0.243 e. The largest absolute Gasteiger partial charge is 0.305 e. The minimum Gasteiger partial charge on any atom is -0.305 e. The molecular formula is C14H19N3O2S. The Morgan fingerprint density at radius 3 is 2.80 bits per heavy atom. The number of likely N-dealkylation sites (N-methyl/N-ethyl adjacent to an activating group) is 1. The van der Waals surface area contributed by atoms with Gasteiger partial charge in [-0.3, -0.25) is 0 Å². The van der Waals surface area contributed by atoms with E-state index in [0.29, 0.717) is 12.1 Å². The maximum atomic E-state index is 12.7. The van der Waals surface area contributed by atoms with Crippen LogP contribution in [0.15, 0.2) is 29.2 Å². The fraction of sp³-hybridized carbons (Fsp3) is 0.500. The van der Waals surface area contributed by atoms with Crippen LogP contribution < -0.4 is 0 Å². The Morgan fingerprint density at radius 1 is 1.35 bits per heavy atom. The average molecular weight is 293 g/mol. The fourth-order valence-corrected chi connectivity index (χ4v) is 4.28. The first kappa shape index (κ1) is 15.0. The lowest BCUT2D eigenvalue weighted by Crippen LogP contribution is -2.41. The lowest BCUT2D eigenvalue weighted by atomic mass is 10.2. The highest BCUT2D eigenvalue weighted by Gasteiger charge is 2.31. The lowest BCUT2D eigenvalue weighted by molar-refractivity contribution is 0.290. The third-order valence-electron chi connectivity index (χ3n) is 3.56. The van der Waals surface area contributed by atoms with Crippen LogP contribution in [-0.2, 0) is 10.0 Å². The van der Waals surface area contributed by atoms with Crippen molar-refractivity contribution in [3.63, 3.8) is 0 Å². The van der Waals surface area contributed by atoms with Gasteiger partial charge in [0.1, 0.15) is 0 Å². The van der Waals surface area contributed by atoms with Crippen molar-refractivity contribution in [3.8, 4) is 6.07 Å². The van der Waals surface area contributed by atoms with E-state index in [1.165, 1.54) is 6.07 Å². The molecule has 6 heteroatoms. The molecule has 0 aliphatic carbocycles. The Kier molecular flexibility index (Phi) is 4.43. The third kappa shape index (κ3) is 3.01. The summed E-state index contributed by atoms with van der Waals surface area (Å²) in [6.45, 7) is 4.06. The molecule has 1 atom stereocenters. The number of nitrogens with zero attached hydrogens (tertiary/aromatic N) is 3. The number of hydrogen-bond donors (Lipinski definition) is 0. The van der Waals surface area contributed by atoms with E-state index in [1.807, 2.05) is 20.0 Å². The summed E-state index contributed by atoms with van der Waals surface area (Å²) in [6, 6.07) is 8.13. The van der Waals surface area contributed by atoms with Gasteiger partial charge in [0.05, 0.1) is 16.5 Å². The van der Waals surface area contributed by atoms with Crippen LogP contribution in [0.2, 0.25) is 0 Å². The Balaban J connectivity index is 2.36. The van der Waals surface area contributed by atoms with Crippen molar-refractivity contribution < 1.29 is 8.42 Å². The van der Waals surface area contributed by atoms with Gasteiger partial charge in [-0.1, -0.05) is 6.07 Å². The molecule has 0 radical (unpaired) electrons. The molecule has 2 rings (SSSR count). The first-order valence-electron chi connectivity index (χ1n) is 6.65. The maximum absolute atomic E-state index is 12.7. The summed E-state index contributed by atoms with van der Waals surface area (Å²) >= 11 is 0. The molecule has 1 heterocycles. The molecule has 1 aromatic rings. The van der Waals surface area contributed by atoms with E-state index in [4.69, 9.17) is 5.26 Å². The molecule has 0 spiro atoms. The van der Waals surface area contributed by atoms with Crippen molar-refractivity contribution >= 4 is 10.0 Å². The van der Waals surface area contributed by atoms with Gasteiger partial charge in [0.15, 0.2) is 0 Å². The third-order valence-corrected chi connectivity index (χ3v) is 5.57. The van der Waals surface area contributed by atoms with Crippen molar-refractivity contribution in [1.82, 2.24) is 9.21 Å². The topological polar surface area (TPSA) is 64.4 Å². The standard InChI is InChI=1S/C14H19N3O2S/c1-12-11-16(2)7-4-8-17(12)20(18,19)14-6-3-5-13(9-14)10-15/h3,5-6,9,12H,4,7-8,11H2,1-2H3. The van der Waals surface area contributed by atoms with Gasteiger partial charge in [-0.05, 0) is 45.1 Å². The molecule has 1 aromatic carbocycles. The summed E-state index contributed by atoms with van der Waals surface area (Å²) in [6.07, 6.45) is 0.817. The minimum atomic E-state index is -3.54. The second-order valence-corrected chi connectivity index (χ2v) is 7.11. The molecule has 20 heavy (non-hydrogen) atoms. The van der Waals surface area contributed by atoms with Crippen molar-refractivity contribution in [2.45, 2.75) is 24.3 Å². The van der Waals surface area contributed by atoms with Gasteiger partial charge in [0.2, 0.25) is 10.0 Å². The summed E-state index contributed by atoms with van der Waals surface area (Å²) in [4.78, 5) is 2.35. The van der Waals surface area contributed by atoms with E-state index in [0.717, 1.165) is 19.5 Å². The van der Waals surface area contributed by atoms with E-state index >= 15 is 0 Å². The lowest BCUT2D eigenvalue weighted by Gasteiger charge is -2.27. The van der Waals surface area contributed by atoms with Crippen LogP contribution in [0.4, 0.5) is 0 Å². The summed E-state index contributed by atoms with van der Waals surface area (Å²) in [5.41, 5.74) is 0.366. The highest BCUT2D eigenvalue weighted by atomic mass is 32.2. The second kappa shape index (κ2) is 5.92. The predicted molar refractivity (Wildman–Crippen MR) is 76.6 cm³/mol. The van der Waals surface area contributed by atoms with Crippen LogP contribution >= 0.6 is 0 Å². The Morgan fingerprint density at radius 2 is 2.10 bits per heavy atom. The SMILES string of the molecule is CC1CN(C)CCCN1S(=O)(=O)c1cccc(C#N)c1. The summed E-state index contributed by atoms with van der Waals surface area (Å²) in [7, 11) is -1.53. The molecule has 5 nitrogen and oxygen atoms in total. The first-order valence-corrected chi connectivity index (χ1v) is 8.09. The first-order chi connectivity index (χ1) is 9.45. The molecule has 108 valence electrons. The second-order valence-electron chi connectivity index (χ2n) is 5.22. The molecule has 1 saturated heterocycles. The van der Waals surface area contributed by atoms with Crippen molar-refractivity contribution in [3.05, 3.63) is 29.8 Å². The molecule has 0 amide bonds. The predicted octanol–water partition coefficient (Wildman–Crippen LogP) is 1.27. The number of benzene rings is 1. The molecule has 0 N–H and O–H groups in total. The quantitative estimate of drug-likeness (QED) is 0.824. The summed E-state index contributed by atoms with van der Waals surface area (Å²) in [5, 5.41) is 8.90.